The van der Waals surface area contributed by atoms with Crippen LogP contribution in [0, 0.1) is 11.3 Å². The first-order valence-corrected chi connectivity index (χ1v) is 3.31. The minimum atomic E-state index is 0.155. The molecule has 0 radical (unpaired) electrons. The van der Waals surface area contributed by atoms with Gasteiger partial charge >= 0.3 is 0 Å². The van der Waals surface area contributed by atoms with Gasteiger partial charge in [0.1, 0.15) is 0 Å². The summed E-state index contributed by atoms with van der Waals surface area (Å²) < 4.78 is 0. The monoisotopic (exact) mass is 127 g/mol. The van der Waals surface area contributed by atoms with Gasteiger partial charge in [-0.25, -0.2) is 0 Å². The molecule has 0 unspecified atom stereocenters. The fraction of sp³-hybridized carbons (Fsp3) is 0.833. The Kier molecular flexibility index (Phi) is 1.71. The quantitative estimate of drug-likeness (QED) is 0.344. The molecule has 0 bridgehead atoms. The van der Waals surface area contributed by atoms with Crippen LogP contribution in [0.5, 0.6) is 0 Å². The van der Waals surface area contributed by atoms with Crippen LogP contribution in [0.1, 0.15) is 19.3 Å². The van der Waals surface area contributed by atoms with E-state index in [1.807, 2.05) is 0 Å². The van der Waals surface area contributed by atoms with Gasteiger partial charge in [-0.05, 0) is 12.8 Å². The number of rotatable bonds is 1. The van der Waals surface area contributed by atoms with Crippen molar-refractivity contribution in [1.29, 1.82) is 5.41 Å². The minimum Gasteiger partial charge on any atom is -0.387 e. The van der Waals surface area contributed by atoms with E-state index < -0.39 is 0 Å². The van der Waals surface area contributed by atoms with E-state index in [-0.39, 0.29) is 17.8 Å². The third kappa shape index (κ3) is 1.21. The van der Waals surface area contributed by atoms with Gasteiger partial charge in [-0.15, -0.1) is 0 Å². The summed E-state index contributed by atoms with van der Waals surface area (Å²) in [4.78, 5) is 0. The molecule has 2 atom stereocenters. The van der Waals surface area contributed by atoms with Crippen LogP contribution in [-0.2, 0) is 0 Å². The Hall–Kier alpha value is -0.570. The van der Waals surface area contributed by atoms with Crippen LogP contribution in [0.25, 0.3) is 0 Å². The van der Waals surface area contributed by atoms with Crippen molar-refractivity contribution in [2.45, 2.75) is 25.3 Å². The van der Waals surface area contributed by atoms with Gasteiger partial charge in [-0.3, -0.25) is 5.41 Å². The van der Waals surface area contributed by atoms with Crippen molar-refractivity contribution in [3.05, 3.63) is 0 Å². The van der Waals surface area contributed by atoms with Crippen LogP contribution in [0.15, 0.2) is 0 Å². The first kappa shape index (κ1) is 6.55. The lowest BCUT2D eigenvalue weighted by Crippen LogP contribution is -2.34. The highest BCUT2D eigenvalue weighted by molar-refractivity contribution is 5.80. The van der Waals surface area contributed by atoms with E-state index in [2.05, 4.69) is 0 Å². The molecule has 0 aromatic rings. The number of nitrogens with one attached hydrogen (secondary N) is 1. The van der Waals surface area contributed by atoms with E-state index in [9.17, 15) is 0 Å². The Morgan fingerprint density at radius 1 is 1.44 bits per heavy atom. The van der Waals surface area contributed by atoms with Gasteiger partial charge in [0.05, 0.1) is 5.84 Å². The summed E-state index contributed by atoms with van der Waals surface area (Å²) >= 11 is 0. The maximum atomic E-state index is 7.12. The van der Waals surface area contributed by atoms with E-state index in [1.165, 1.54) is 0 Å². The van der Waals surface area contributed by atoms with E-state index in [0.29, 0.717) is 0 Å². The van der Waals surface area contributed by atoms with E-state index in [0.717, 1.165) is 19.3 Å². The van der Waals surface area contributed by atoms with Crippen molar-refractivity contribution in [2.75, 3.05) is 0 Å². The summed E-state index contributed by atoms with van der Waals surface area (Å²) in [7, 11) is 0. The van der Waals surface area contributed by atoms with Crippen LogP contribution < -0.4 is 11.5 Å². The summed E-state index contributed by atoms with van der Waals surface area (Å²) in [6.45, 7) is 0. The van der Waals surface area contributed by atoms with Crippen molar-refractivity contribution in [3.8, 4) is 0 Å². The molecule has 1 rings (SSSR count). The van der Waals surface area contributed by atoms with Gasteiger partial charge in [0, 0.05) is 12.0 Å². The van der Waals surface area contributed by atoms with Crippen molar-refractivity contribution >= 4 is 5.84 Å². The second kappa shape index (κ2) is 2.35. The summed E-state index contributed by atoms with van der Waals surface area (Å²) in [6, 6.07) is 0.155. The second-order valence-electron chi connectivity index (χ2n) is 2.66. The lowest BCUT2D eigenvalue weighted by atomic mass is 10.0. The molecule has 0 aromatic carbocycles. The van der Waals surface area contributed by atoms with E-state index in [4.69, 9.17) is 16.9 Å². The fourth-order valence-electron chi connectivity index (χ4n) is 1.37. The van der Waals surface area contributed by atoms with Crippen LogP contribution in [0.4, 0.5) is 0 Å². The molecular weight excluding hydrogens is 114 g/mol. The summed E-state index contributed by atoms with van der Waals surface area (Å²) in [6.07, 6.45) is 3.17. The average molecular weight is 127 g/mol. The predicted octanol–water partition coefficient (Wildman–Crippen LogP) is 0.0498. The second-order valence-corrected chi connectivity index (χ2v) is 2.66. The molecule has 1 fully saturated rings. The number of hydrogen-bond donors (Lipinski definition) is 3. The van der Waals surface area contributed by atoms with Gasteiger partial charge in [0.15, 0.2) is 0 Å². The Morgan fingerprint density at radius 2 is 2.11 bits per heavy atom. The molecule has 3 heteroatoms. The molecule has 1 saturated carbocycles. The van der Waals surface area contributed by atoms with Crippen molar-refractivity contribution in [1.82, 2.24) is 0 Å². The average Bonchev–Trinajstić information content (AvgIpc) is 2.13. The summed E-state index contributed by atoms with van der Waals surface area (Å²) in [5.41, 5.74) is 11.0. The van der Waals surface area contributed by atoms with E-state index >= 15 is 0 Å². The zero-order chi connectivity index (χ0) is 6.85. The zero-order valence-corrected chi connectivity index (χ0v) is 5.43. The number of amidine groups is 1. The van der Waals surface area contributed by atoms with Gasteiger partial charge in [0.25, 0.3) is 0 Å². The van der Waals surface area contributed by atoms with Crippen molar-refractivity contribution < 1.29 is 0 Å². The molecule has 3 nitrogen and oxygen atoms in total. The molecular formula is C6H13N3. The SMILES string of the molecule is N=C(N)[C@H]1CCC[C@@H]1N. The highest BCUT2D eigenvalue weighted by Crippen LogP contribution is 2.23. The van der Waals surface area contributed by atoms with Gasteiger partial charge in [-0.1, -0.05) is 6.42 Å². The first-order valence-electron chi connectivity index (χ1n) is 3.31. The minimum absolute atomic E-state index is 0.155. The molecule has 0 spiro atoms. The maximum Gasteiger partial charge on any atom is 0.0952 e. The molecule has 0 aromatic heterocycles. The van der Waals surface area contributed by atoms with Crippen LogP contribution in [0.3, 0.4) is 0 Å². The number of hydrogen-bond acceptors (Lipinski definition) is 2. The fourth-order valence-corrected chi connectivity index (χ4v) is 1.37. The standard InChI is InChI=1S/C6H13N3/c7-5-3-1-2-4(5)6(8)9/h4-5H,1-3,7H2,(H3,8,9)/t4-,5-/m0/s1. The lowest BCUT2D eigenvalue weighted by molar-refractivity contribution is 0.606. The predicted molar refractivity (Wildman–Crippen MR) is 37.2 cm³/mol. The smallest absolute Gasteiger partial charge is 0.0952 e. The normalized spacial score (nSPS) is 34.8. The highest BCUT2D eigenvalue weighted by Gasteiger charge is 2.25. The molecule has 1 aliphatic carbocycles. The third-order valence-corrected chi connectivity index (χ3v) is 1.97. The van der Waals surface area contributed by atoms with E-state index in [1.54, 1.807) is 0 Å². The topological polar surface area (TPSA) is 75.9 Å². The highest BCUT2D eigenvalue weighted by atomic mass is 14.8. The van der Waals surface area contributed by atoms with Crippen LogP contribution >= 0.6 is 0 Å². The number of nitrogens with two attached hydrogens (primary N) is 2. The van der Waals surface area contributed by atoms with Crippen molar-refractivity contribution in [3.63, 3.8) is 0 Å². The summed E-state index contributed by atoms with van der Waals surface area (Å²) in [5.74, 6) is 0.435. The molecule has 9 heavy (non-hydrogen) atoms. The Balaban J connectivity index is 2.49. The Morgan fingerprint density at radius 3 is 2.33 bits per heavy atom. The molecule has 0 aliphatic heterocycles. The van der Waals surface area contributed by atoms with Crippen LogP contribution in [-0.4, -0.2) is 11.9 Å². The molecule has 1 aliphatic rings. The van der Waals surface area contributed by atoms with Gasteiger partial charge in [-0.2, -0.15) is 0 Å². The molecule has 0 heterocycles. The summed E-state index contributed by atoms with van der Waals surface area (Å²) in [5, 5.41) is 7.12. The van der Waals surface area contributed by atoms with Gasteiger partial charge < -0.3 is 11.5 Å². The lowest BCUT2D eigenvalue weighted by Gasteiger charge is -2.11. The maximum absolute atomic E-state index is 7.12. The molecule has 5 N–H and O–H groups in total. The van der Waals surface area contributed by atoms with Gasteiger partial charge in [0.2, 0.25) is 0 Å². The zero-order valence-electron chi connectivity index (χ0n) is 5.43. The molecule has 0 amide bonds. The Labute approximate surface area is 54.9 Å². The third-order valence-electron chi connectivity index (χ3n) is 1.97. The molecule has 0 saturated heterocycles. The van der Waals surface area contributed by atoms with Crippen LogP contribution in [0.2, 0.25) is 0 Å². The Bertz CT molecular complexity index is 121. The molecule has 52 valence electrons. The van der Waals surface area contributed by atoms with Crippen molar-refractivity contribution in [2.24, 2.45) is 17.4 Å². The largest absolute Gasteiger partial charge is 0.387 e. The first-order chi connectivity index (χ1) is 4.22.